The molecule has 0 bridgehead atoms. The zero-order chi connectivity index (χ0) is 36.3. The van der Waals surface area contributed by atoms with Gasteiger partial charge in [0.2, 0.25) is 5.89 Å². The molecule has 11 aromatic rings. The van der Waals surface area contributed by atoms with Crippen LogP contribution >= 0.6 is 0 Å². The fourth-order valence-corrected chi connectivity index (χ4v) is 8.01. The standard InChI is InChI=1S/C50H30N4O/c1-2-13-32(14-3-1)47-42-20-10-11-21-44(42)52-49(53-47)41-19-9-7-16-37(41)39-25-24-31-12-4-5-15-36(31)46(39)43-29-45-48(40-18-8-6-17-38(40)43)54-50(55-45)34-22-23-35-30-51-27-26-33(35)28-34/h1-30H. The summed E-state index contributed by atoms with van der Waals surface area (Å²) < 4.78 is 6.67. The third-order valence-corrected chi connectivity index (χ3v) is 10.6. The Balaban J connectivity index is 1.17. The minimum atomic E-state index is 0.585. The number of para-hydroxylation sites is 1. The molecule has 0 aliphatic carbocycles. The summed E-state index contributed by atoms with van der Waals surface area (Å²) in [5.41, 5.74) is 10.6. The van der Waals surface area contributed by atoms with Gasteiger partial charge in [0.1, 0.15) is 5.52 Å². The van der Waals surface area contributed by atoms with Gasteiger partial charge >= 0.3 is 0 Å². The Kier molecular flexibility index (Phi) is 7.10. The number of pyridine rings is 1. The molecule has 0 saturated carbocycles. The second-order valence-corrected chi connectivity index (χ2v) is 13.8. The lowest BCUT2D eigenvalue weighted by Gasteiger charge is -2.18. The Labute approximate surface area is 316 Å². The number of aromatic nitrogens is 4. The molecule has 0 aliphatic rings. The molecule has 256 valence electrons. The first-order valence-corrected chi connectivity index (χ1v) is 18.4. The van der Waals surface area contributed by atoms with Gasteiger partial charge in [0.05, 0.1) is 11.2 Å². The fourth-order valence-electron chi connectivity index (χ4n) is 8.01. The van der Waals surface area contributed by atoms with Crippen molar-refractivity contribution in [1.29, 1.82) is 0 Å². The second kappa shape index (κ2) is 12.6. The summed E-state index contributed by atoms with van der Waals surface area (Å²) in [5.74, 6) is 1.26. The Hall–Kier alpha value is -7.50. The number of hydrogen-bond acceptors (Lipinski definition) is 5. The third kappa shape index (κ3) is 5.17. The highest BCUT2D eigenvalue weighted by atomic mass is 16.3. The molecule has 0 amide bonds. The normalized spacial score (nSPS) is 11.6. The van der Waals surface area contributed by atoms with E-state index in [1.165, 1.54) is 0 Å². The highest BCUT2D eigenvalue weighted by molar-refractivity contribution is 6.17. The fraction of sp³-hybridized carbons (Fsp3) is 0. The lowest BCUT2D eigenvalue weighted by Crippen LogP contribution is -1.97. The maximum atomic E-state index is 6.67. The highest BCUT2D eigenvalue weighted by Gasteiger charge is 2.22. The van der Waals surface area contributed by atoms with E-state index >= 15 is 0 Å². The molecule has 0 radical (unpaired) electrons. The first kappa shape index (κ1) is 31.1. The molecular weight excluding hydrogens is 673 g/mol. The minimum absolute atomic E-state index is 0.585. The molecule has 0 spiro atoms. The highest BCUT2D eigenvalue weighted by Crippen LogP contribution is 2.46. The van der Waals surface area contributed by atoms with E-state index in [1.807, 2.05) is 36.7 Å². The van der Waals surface area contributed by atoms with Crippen molar-refractivity contribution in [2.24, 2.45) is 0 Å². The first-order chi connectivity index (χ1) is 27.3. The molecule has 0 N–H and O–H groups in total. The van der Waals surface area contributed by atoms with Crippen molar-refractivity contribution in [1.82, 2.24) is 19.9 Å². The van der Waals surface area contributed by atoms with Gasteiger partial charge in [-0.15, -0.1) is 0 Å². The van der Waals surface area contributed by atoms with Crippen molar-refractivity contribution in [2.75, 3.05) is 0 Å². The zero-order valence-corrected chi connectivity index (χ0v) is 29.5. The van der Waals surface area contributed by atoms with Crippen LogP contribution < -0.4 is 0 Å². The number of rotatable bonds is 5. The third-order valence-electron chi connectivity index (χ3n) is 10.6. The van der Waals surface area contributed by atoms with Crippen LogP contribution in [0.1, 0.15) is 0 Å². The Morgan fingerprint density at radius 3 is 2.04 bits per heavy atom. The summed E-state index contributed by atoms with van der Waals surface area (Å²) in [6.45, 7) is 0. The van der Waals surface area contributed by atoms with Crippen LogP contribution in [0.4, 0.5) is 0 Å². The van der Waals surface area contributed by atoms with Crippen LogP contribution in [0.5, 0.6) is 0 Å². The first-order valence-electron chi connectivity index (χ1n) is 18.4. The van der Waals surface area contributed by atoms with Crippen LogP contribution in [0.2, 0.25) is 0 Å². The topological polar surface area (TPSA) is 64.7 Å². The summed E-state index contributed by atoms with van der Waals surface area (Å²) in [4.78, 5) is 19.9. The van der Waals surface area contributed by atoms with E-state index in [-0.39, 0.29) is 0 Å². The van der Waals surface area contributed by atoms with E-state index in [4.69, 9.17) is 19.4 Å². The Morgan fingerprint density at radius 1 is 0.418 bits per heavy atom. The molecule has 3 heterocycles. The van der Waals surface area contributed by atoms with E-state index in [2.05, 4.69) is 151 Å². The van der Waals surface area contributed by atoms with Crippen molar-refractivity contribution in [3.63, 3.8) is 0 Å². The van der Waals surface area contributed by atoms with Crippen LogP contribution in [0.25, 0.3) is 111 Å². The van der Waals surface area contributed by atoms with Crippen LogP contribution in [-0.4, -0.2) is 19.9 Å². The van der Waals surface area contributed by atoms with Crippen molar-refractivity contribution in [2.45, 2.75) is 0 Å². The number of fused-ring (bicyclic) bond motifs is 6. The molecule has 5 nitrogen and oxygen atoms in total. The maximum Gasteiger partial charge on any atom is 0.227 e. The summed E-state index contributed by atoms with van der Waals surface area (Å²) in [6, 6.07) is 59.1. The molecule has 8 aromatic carbocycles. The monoisotopic (exact) mass is 702 g/mol. The van der Waals surface area contributed by atoms with E-state index in [0.717, 1.165) is 99.0 Å². The number of hydrogen-bond donors (Lipinski definition) is 0. The minimum Gasteiger partial charge on any atom is -0.436 e. The maximum absolute atomic E-state index is 6.67. The van der Waals surface area contributed by atoms with Gasteiger partial charge in [-0.25, -0.2) is 15.0 Å². The predicted molar refractivity (Wildman–Crippen MR) is 225 cm³/mol. The molecule has 5 heteroatoms. The molecule has 0 atom stereocenters. The van der Waals surface area contributed by atoms with Crippen molar-refractivity contribution in [3.8, 4) is 56.4 Å². The molecule has 0 unspecified atom stereocenters. The van der Waals surface area contributed by atoms with Crippen LogP contribution in [-0.2, 0) is 0 Å². The quantitative estimate of drug-likeness (QED) is 0.179. The lowest BCUT2D eigenvalue weighted by molar-refractivity contribution is 0.620. The van der Waals surface area contributed by atoms with Gasteiger partial charge in [-0.1, -0.05) is 140 Å². The van der Waals surface area contributed by atoms with Crippen molar-refractivity contribution < 1.29 is 4.42 Å². The van der Waals surface area contributed by atoms with E-state index in [1.54, 1.807) is 0 Å². The number of nitrogens with zero attached hydrogens (tertiary/aromatic N) is 4. The average Bonchev–Trinajstić information content (AvgIpc) is 3.70. The Bertz CT molecular complexity index is 3280. The van der Waals surface area contributed by atoms with Crippen LogP contribution in [0.15, 0.2) is 187 Å². The zero-order valence-electron chi connectivity index (χ0n) is 29.5. The number of oxazole rings is 1. The van der Waals surface area contributed by atoms with Gasteiger partial charge in [-0.05, 0) is 74.1 Å². The summed E-state index contributed by atoms with van der Waals surface area (Å²) in [7, 11) is 0. The van der Waals surface area contributed by atoms with E-state index in [0.29, 0.717) is 11.7 Å². The second-order valence-electron chi connectivity index (χ2n) is 13.8. The molecule has 3 aromatic heterocycles. The molecule has 0 fully saturated rings. The number of benzene rings is 8. The van der Waals surface area contributed by atoms with Crippen molar-refractivity contribution in [3.05, 3.63) is 182 Å². The predicted octanol–water partition coefficient (Wildman–Crippen LogP) is 13.0. The van der Waals surface area contributed by atoms with Gasteiger partial charge < -0.3 is 4.42 Å². The SMILES string of the molecule is c1ccc(-c2nc(-c3ccccc3-c3ccc4ccccc4c3-c3cc4oc(-c5ccc6cnccc6c5)nc4c4ccccc34)nc3ccccc23)cc1. The van der Waals surface area contributed by atoms with Gasteiger partial charge in [0.25, 0.3) is 0 Å². The van der Waals surface area contributed by atoms with E-state index < -0.39 is 0 Å². The largest absolute Gasteiger partial charge is 0.436 e. The van der Waals surface area contributed by atoms with Gasteiger partial charge in [-0.2, -0.15) is 0 Å². The van der Waals surface area contributed by atoms with Crippen LogP contribution in [0.3, 0.4) is 0 Å². The molecule has 0 aliphatic heterocycles. The smallest absolute Gasteiger partial charge is 0.227 e. The van der Waals surface area contributed by atoms with Crippen molar-refractivity contribution >= 4 is 54.3 Å². The molecule has 55 heavy (non-hydrogen) atoms. The average molecular weight is 703 g/mol. The van der Waals surface area contributed by atoms with Gasteiger partial charge in [0.15, 0.2) is 11.4 Å². The molecule has 0 saturated heterocycles. The van der Waals surface area contributed by atoms with E-state index in [9.17, 15) is 0 Å². The summed E-state index contributed by atoms with van der Waals surface area (Å²) >= 11 is 0. The summed E-state index contributed by atoms with van der Waals surface area (Å²) in [5, 5.41) is 7.62. The molecular formula is C50H30N4O. The Morgan fingerprint density at radius 2 is 1.15 bits per heavy atom. The lowest BCUT2D eigenvalue weighted by atomic mass is 9.85. The van der Waals surface area contributed by atoms with Crippen LogP contribution in [0, 0.1) is 0 Å². The molecule has 11 rings (SSSR count). The van der Waals surface area contributed by atoms with Gasteiger partial charge in [0, 0.05) is 45.2 Å². The van der Waals surface area contributed by atoms with Gasteiger partial charge in [-0.3, -0.25) is 4.98 Å². The summed E-state index contributed by atoms with van der Waals surface area (Å²) in [6.07, 6.45) is 3.69.